The van der Waals surface area contributed by atoms with Gasteiger partial charge in [-0.15, -0.1) is 5.10 Å². The van der Waals surface area contributed by atoms with Crippen molar-refractivity contribution < 1.29 is 9.13 Å². The van der Waals surface area contributed by atoms with Crippen LogP contribution in [-0.2, 0) is 6.61 Å². The number of ether oxygens (including phenoxy) is 1. The molecule has 4 rings (SSSR count). The molecular weight excluding hydrogens is 321 g/mol. The zero-order chi connectivity index (χ0) is 17.2. The van der Waals surface area contributed by atoms with Gasteiger partial charge in [0.2, 0.25) is 5.65 Å². The molecular formula is C18H14FN5O. The lowest BCUT2D eigenvalue weighted by Crippen LogP contribution is -1.99. The number of aromatic amines is 1. The molecule has 25 heavy (non-hydrogen) atoms. The van der Waals surface area contributed by atoms with Crippen molar-refractivity contribution in [3.8, 4) is 16.9 Å². The van der Waals surface area contributed by atoms with Crippen molar-refractivity contribution >= 4 is 17.0 Å². The Kier molecular flexibility index (Phi) is 3.74. The monoisotopic (exact) mass is 335 g/mol. The number of nitrogen functional groups attached to an aromatic ring is 1. The fourth-order valence-corrected chi connectivity index (χ4v) is 2.62. The van der Waals surface area contributed by atoms with E-state index in [-0.39, 0.29) is 12.4 Å². The number of hydrogen-bond acceptors (Lipinski definition) is 5. The number of nitrogens with one attached hydrogen (secondary N) is 1. The molecule has 0 saturated carbocycles. The molecule has 3 N–H and O–H groups in total. The maximum Gasteiger partial charge on any atom is 0.207 e. The molecule has 0 bridgehead atoms. The summed E-state index contributed by atoms with van der Waals surface area (Å²) < 4.78 is 19.8. The minimum absolute atomic E-state index is 0.258. The van der Waals surface area contributed by atoms with Crippen LogP contribution in [0.2, 0.25) is 0 Å². The van der Waals surface area contributed by atoms with Crippen LogP contribution < -0.4 is 10.5 Å². The van der Waals surface area contributed by atoms with Crippen LogP contribution in [0.4, 0.5) is 10.2 Å². The maximum absolute atomic E-state index is 14.0. The number of rotatable bonds is 4. The van der Waals surface area contributed by atoms with Crippen molar-refractivity contribution in [2.75, 3.05) is 5.73 Å². The van der Waals surface area contributed by atoms with E-state index >= 15 is 0 Å². The van der Waals surface area contributed by atoms with Gasteiger partial charge in [0.1, 0.15) is 18.2 Å². The summed E-state index contributed by atoms with van der Waals surface area (Å²) in [5.74, 6) is 0.538. The number of nitrogens with two attached hydrogens (primary N) is 1. The van der Waals surface area contributed by atoms with Gasteiger partial charge in [-0.1, -0.05) is 36.4 Å². The van der Waals surface area contributed by atoms with Gasteiger partial charge in [-0.2, -0.15) is 10.3 Å². The summed E-state index contributed by atoms with van der Waals surface area (Å²) in [6.07, 6.45) is 0. The second-order valence-corrected chi connectivity index (χ2v) is 5.51. The van der Waals surface area contributed by atoms with E-state index in [0.29, 0.717) is 28.3 Å². The highest BCUT2D eigenvalue weighted by Gasteiger charge is 2.10. The highest BCUT2D eigenvalue weighted by Crippen LogP contribution is 2.26. The Morgan fingerprint density at radius 2 is 1.92 bits per heavy atom. The minimum atomic E-state index is -0.258. The Morgan fingerprint density at radius 3 is 2.80 bits per heavy atom. The summed E-state index contributed by atoms with van der Waals surface area (Å²) in [6.45, 7) is 0.285. The van der Waals surface area contributed by atoms with E-state index in [0.717, 1.165) is 11.1 Å². The van der Waals surface area contributed by atoms with Gasteiger partial charge in [-0.25, -0.2) is 9.37 Å². The lowest BCUT2D eigenvalue weighted by Gasteiger charge is -2.09. The topological polar surface area (TPSA) is 89.7 Å². The number of H-pyrrole nitrogens is 1. The summed E-state index contributed by atoms with van der Waals surface area (Å²) in [6, 6.07) is 15.8. The molecule has 0 radical (unpaired) electrons. The first-order valence-electron chi connectivity index (χ1n) is 7.64. The number of aromatic nitrogens is 4. The van der Waals surface area contributed by atoms with E-state index in [9.17, 15) is 4.39 Å². The number of halogens is 1. The molecule has 2 aromatic heterocycles. The molecule has 4 aromatic rings. The predicted octanol–water partition coefficient (Wildman–Crippen LogP) is 3.32. The van der Waals surface area contributed by atoms with Crippen LogP contribution >= 0.6 is 0 Å². The lowest BCUT2D eigenvalue weighted by atomic mass is 10.0. The highest BCUT2D eigenvalue weighted by atomic mass is 19.1. The summed E-state index contributed by atoms with van der Waals surface area (Å²) in [4.78, 5) is 4.07. The standard InChI is InChI=1S/C18H14FN5O/c19-14-7-2-1-6-13(14)12-5-3-4-11(8-12)10-25-15-9-16(20)21-18-17(15)22-24-23-18/h1-9H,10H2,(H3,20,21,22,23,24). The predicted molar refractivity (Wildman–Crippen MR) is 92.3 cm³/mol. The lowest BCUT2D eigenvalue weighted by molar-refractivity contribution is 0.309. The van der Waals surface area contributed by atoms with Crippen LogP contribution in [0.5, 0.6) is 5.75 Å². The SMILES string of the molecule is Nc1cc(OCc2cccc(-c3ccccc3F)c2)c2n[nH]nc2n1. The molecule has 7 heteroatoms. The van der Waals surface area contributed by atoms with Crippen LogP contribution in [0.15, 0.2) is 54.6 Å². The van der Waals surface area contributed by atoms with Crippen molar-refractivity contribution in [1.82, 2.24) is 20.4 Å². The Labute approximate surface area is 142 Å². The molecule has 0 aliphatic heterocycles. The Morgan fingerprint density at radius 1 is 1.04 bits per heavy atom. The normalized spacial score (nSPS) is 10.9. The van der Waals surface area contributed by atoms with E-state index < -0.39 is 0 Å². The molecule has 2 aromatic carbocycles. The van der Waals surface area contributed by atoms with E-state index in [2.05, 4.69) is 20.4 Å². The third-order valence-electron chi connectivity index (χ3n) is 3.78. The second kappa shape index (κ2) is 6.20. The van der Waals surface area contributed by atoms with E-state index in [1.54, 1.807) is 18.2 Å². The van der Waals surface area contributed by atoms with Gasteiger partial charge < -0.3 is 10.5 Å². The summed E-state index contributed by atoms with van der Waals surface area (Å²) in [5, 5.41) is 10.4. The number of hydrogen-bond donors (Lipinski definition) is 2. The van der Waals surface area contributed by atoms with Gasteiger partial charge in [-0.3, -0.25) is 0 Å². The average Bonchev–Trinajstić information content (AvgIpc) is 3.08. The zero-order valence-electron chi connectivity index (χ0n) is 13.1. The van der Waals surface area contributed by atoms with Crippen LogP contribution in [0.3, 0.4) is 0 Å². The van der Waals surface area contributed by atoms with Crippen molar-refractivity contribution in [1.29, 1.82) is 0 Å². The molecule has 0 unspecified atom stereocenters. The Balaban J connectivity index is 1.60. The first-order chi connectivity index (χ1) is 12.2. The van der Waals surface area contributed by atoms with Gasteiger partial charge >= 0.3 is 0 Å². The quantitative estimate of drug-likeness (QED) is 0.597. The molecule has 0 aliphatic rings. The van der Waals surface area contributed by atoms with Crippen molar-refractivity contribution in [2.24, 2.45) is 0 Å². The molecule has 124 valence electrons. The van der Waals surface area contributed by atoms with E-state index in [1.807, 2.05) is 30.3 Å². The molecule has 0 atom stereocenters. The third kappa shape index (κ3) is 2.99. The number of benzene rings is 2. The van der Waals surface area contributed by atoms with Crippen molar-refractivity contribution in [3.05, 3.63) is 66.0 Å². The number of pyridine rings is 1. The van der Waals surface area contributed by atoms with Crippen LogP contribution in [0, 0.1) is 5.82 Å². The fourth-order valence-electron chi connectivity index (χ4n) is 2.62. The third-order valence-corrected chi connectivity index (χ3v) is 3.78. The van der Waals surface area contributed by atoms with Gasteiger partial charge in [0.25, 0.3) is 0 Å². The molecule has 2 heterocycles. The van der Waals surface area contributed by atoms with Crippen molar-refractivity contribution in [3.63, 3.8) is 0 Å². The fraction of sp³-hybridized carbons (Fsp3) is 0.0556. The van der Waals surface area contributed by atoms with E-state index in [1.165, 1.54) is 6.07 Å². The smallest absolute Gasteiger partial charge is 0.207 e. The van der Waals surface area contributed by atoms with Gasteiger partial charge in [-0.05, 0) is 23.3 Å². The molecule has 6 nitrogen and oxygen atoms in total. The Hall–Kier alpha value is -3.48. The number of nitrogens with zero attached hydrogens (tertiary/aromatic N) is 3. The van der Waals surface area contributed by atoms with Crippen LogP contribution in [-0.4, -0.2) is 20.4 Å². The second-order valence-electron chi connectivity index (χ2n) is 5.51. The highest BCUT2D eigenvalue weighted by molar-refractivity contribution is 5.78. The maximum atomic E-state index is 14.0. The van der Waals surface area contributed by atoms with Crippen LogP contribution in [0.1, 0.15) is 5.56 Å². The molecule has 0 saturated heterocycles. The molecule has 0 fully saturated rings. The number of anilines is 1. The van der Waals surface area contributed by atoms with Crippen molar-refractivity contribution in [2.45, 2.75) is 6.61 Å². The summed E-state index contributed by atoms with van der Waals surface area (Å²) in [5.41, 5.74) is 8.91. The summed E-state index contributed by atoms with van der Waals surface area (Å²) in [7, 11) is 0. The zero-order valence-corrected chi connectivity index (χ0v) is 13.1. The molecule has 0 aliphatic carbocycles. The Bertz CT molecular complexity index is 1050. The molecule has 0 amide bonds. The first kappa shape index (κ1) is 15.1. The van der Waals surface area contributed by atoms with Gasteiger partial charge in [0, 0.05) is 11.6 Å². The average molecular weight is 335 g/mol. The molecule has 0 spiro atoms. The minimum Gasteiger partial charge on any atom is -0.486 e. The van der Waals surface area contributed by atoms with Gasteiger partial charge in [0.15, 0.2) is 11.3 Å². The van der Waals surface area contributed by atoms with Crippen LogP contribution in [0.25, 0.3) is 22.3 Å². The van der Waals surface area contributed by atoms with E-state index in [4.69, 9.17) is 10.5 Å². The first-order valence-corrected chi connectivity index (χ1v) is 7.64. The van der Waals surface area contributed by atoms with Gasteiger partial charge in [0.05, 0.1) is 0 Å². The largest absolute Gasteiger partial charge is 0.486 e. The summed E-state index contributed by atoms with van der Waals surface area (Å²) >= 11 is 0. The number of fused-ring (bicyclic) bond motifs is 1.